The average Bonchev–Trinajstić information content (AvgIpc) is 2.17. The number of nitrogens with two attached hydrogens (primary N) is 1. The van der Waals surface area contributed by atoms with Gasteiger partial charge in [-0.25, -0.2) is 4.39 Å². The monoisotopic (exact) mass is 201 g/mol. The summed E-state index contributed by atoms with van der Waals surface area (Å²) in [6.45, 7) is 1.71. The molecule has 13 heavy (non-hydrogen) atoms. The summed E-state index contributed by atoms with van der Waals surface area (Å²) in [7, 11) is 0. The lowest BCUT2D eigenvalue weighted by Gasteiger charge is -2.01. The van der Waals surface area contributed by atoms with Crippen molar-refractivity contribution in [2.75, 3.05) is 6.54 Å². The van der Waals surface area contributed by atoms with E-state index in [4.69, 9.17) is 5.73 Å². The second kappa shape index (κ2) is 5.73. The molecule has 0 amide bonds. The molecule has 0 aliphatic heterocycles. The third-order valence-corrected chi connectivity index (χ3v) is 1.79. The first-order valence-corrected chi connectivity index (χ1v) is 3.86. The van der Waals surface area contributed by atoms with Crippen LogP contribution in [0.15, 0.2) is 36.2 Å². The molecule has 0 aliphatic carbocycles. The number of rotatable bonds is 2. The number of hydrogen-bond acceptors (Lipinski definition) is 1. The zero-order valence-corrected chi connectivity index (χ0v) is 8.27. The highest BCUT2D eigenvalue weighted by Gasteiger charge is 2.00. The molecule has 3 heteroatoms. The van der Waals surface area contributed by atoms with Crippen molar-refractivity contribution >= 4 is 18.0 Å². The van der Waals surface area contributed by atoms with E-state index in [9.17, 15) is 4.39 Å². The van der Waals surface area contributed by atoms with Gasteiger partial charge in [0.25, 0.3) is 0 Å². The van der Waals surface area contributed by atoms with Crippen molar-refractivity contribution in [2.24, 2.45) is 5.73 Å². The topological polar surface area (TPSA) is 26.0 Å². The Bertz CT molecular complexity index is 282. The van der Waals surface area contributed by atoms with Crippen molar-refractivity contribution in [2.45, 2.75) is 6.92 Å². The van der Waals surface area contributed by atoms with Crippen molar-refractivity contribution in [1.29, 1.82) is 0 Å². The highest BCUT2D eigenvalue weighted by Crippen LogP contribution is 2.17. The first-order chi connectivity index (χ1) is 5.75. The summed E-state index contributed by atoms with van der Waals surface area (Å²) in [6.07, 6.45) is 0. The molecule has 0 fully saturated rings. The largest absolute Gasteiger partial charge is 0.325 e. The average molecular weight is 202 g/mol. The van der Waals surface area contributed by atoms with E-state index in [0.29, 0.717) is 5.57 Å². The molecule has 2 N–H and O–H groups in total. The molecule has 0 saturated heterocycles. The maximum atomic E-state index is 13.0. The van der Waals surface area contributed by atoms with Crippen LogP contribution in [-0.4, -0.2) is 6.54 Å². The van der Waals surface area contributed by atoms with Crippen molar-refractivity contribution in [3.8, 4) is 0 Å². The van der Waals surface area contributed by atoms with Gasteiger partial charge in [-0.2, -0.15) is 0 Å². The molecule has 0 unspecified atom stereocenters. The Kier molecular flexibility index (Phi) is 5.35. The number of allylic oxidation sites excluding steroid dienone is 1. The number of benzene rings is 1. The van der Waals surface area contributed by atoms with Crippen LogP contribution in [0, 0.1) is 0 Å². The van der Waals surface area contributed by atoms with Crippen molar-refractivity contribution < 1.29 is 4.39 Å². The lowest BCUT2D eigenvalue weighted by Crippen LogP contribution is -2.00. The second-order valence-electron chi connectivity index (χ2n) is 2.60. The van der Waals surface area contributed by atoms with Gasteiger partial charge in [0.05, 0.1) is 0 Å². The minimum atomic E-state index is -0.249. The predicted molar refractivity (Wildman–Crippen MR) is 56.4 cm³/mol. The summed E-state index contributed by atoms with van der Waals surface area (Å²) in [5.41, 5.74) is 6.69. The van der Waals surface area contributed by atoms with Gasteiger partial charge in [0, 0.05) is 6.54 Å². The molecule has 1 aromatic rings. The van der Waals surface area contributed by atoms with E-state index >= 15 is 0 Å². The van der Waals surface area contributed by atoms with Crippen molar-refractivity contribution in [3.63, 3.8) is 0 Å². The Balaban J connectivity index is 0.00000144. The fourth-order valence-corrected chi connectivity index (χ4v) is 0.998. The Hall–Kier alpha value is -0.860. The van der Waals surface area contributed by atoms with E-state index in [2.05, 4.69) is 0 Å². The standard InChI is InChI=1S/C10H12FN.ClH/c1-8(10(11)7-12)9-5-3-2-4-6-9;/h2-6H,7,12H2,1H3;1H/b10-8+;. The summed E-state index contributed by atoms with van der Waals surface area (Å²) >= 11 is 0. The summed E-state index contributed by atoms with van der Waals surface area (Å²) in [5.74, 6) is -0.249. The second-order valence-corrected chi connectivity index (χ2v) is 2.60. The molecule has 0 aliphatic rings. The molecule has 0 saturated carbocycles. The van der Waals surface area contributed by atoms with Gasteiger partial charge < -0.3 is 5.73 Å². The summed E-state index contributed by atoms with van der Waals surface area (Å²) in [4.78, 5) is 0. The molecule has 1 rings (SSSR count). The van der Waals surface area contributed by atoms with Crippen LogP contribution in [0.3, 0.4) is 0 Å². The highest BCUT2D eigenvalue weighted by molar-refractivity contribution is 5.85. The van der Waals surface area contributed by atoms with E-state index in [1.54, 1.807) is 6.92 Å². The van der Waals surface area contributed by atoms with Crippen LogP contribution in [0.1, 0.15) is 12.5 Å². The fourth-order valence-electron chi connectivity index (χ4n) is 0.998. The van der Waals surface area contributed by atoms with E-state index in [-0.39, 0.29) is 24.8 Å². The van der Waals surface area contributed by atoms with Crippen molar-refractivity contribution in [1.82, 2.24) is 0 Å². The van der Waals surface area contributed by atoms with Crippen LogP contribution < -0.4 is 5.73 Å². The molecular formula is C10H13ClFN. The fraction of sp³-hybridized carbons (Fsp3) is 0.200. The van der Waals surface area contributed by atoms with E-state index in [0.717, 1.165) is 5.56 Å². The molecule has 0 bridgehead atoms. The molecule has 0 atom stereocenters. The third kappa shape index (κ3) is 3.17. The van der Waals surface area contributed by atoms with Crippen LogP contribution >= 0.6 is 12.4 Å². The molecule has 0 heterocycles. The quantitative estimate of drug-likeness (QED) is 0.783. The molecule has 1 nitrogen and oxygen atoms in total. The molecule has 0 spiro atoms. The SMILES string of the molecule is C/C(=C(\F)CN)c1ccccc1.Cl. The van der Waals surface area contributed by atoms with Gasteiger partial charge in [-0.1, -0.05) is 30.3 Å². The van der Waals surface area contributed by atoms with Gasteiger partial charge in [-0.05, 0) is 18.1 Å². The molecular weight excluding hydrogens is 189 g/mol. The van der Waals surface area contributed by atoms with Gasteiger partial charge >= 0.3 is 0 Å². The van der Waals surface area contributed by atoms with Crippen molar-refractivity contribution in [3.05, 3.63) is 41.7 Å². The maximum Gasteiger partial charge on any atom is 0.117 e. The molecule has 72 valence electrons. The zero-order chi connectivity index (χ0) is 8.97. The Morgan fingerprint density at radius 2 is 1.85 bits per heavy atom. The van der Waals surface area contributed by atoms with Gasteiger partial charge in [-0.15, -0.1) is 12.4 Å². The molecule has 0 aromatic heterocycles. The Morgan fingerprint density at radius 1 is 1.31 bits per heavy atom. The highest BCUT2D eigenvalue weighted by atomic mass is 35.5. The normalized spacial score (nSPS) is 11.6. The first-order valence-electron chi connectivity index (χ1n) is 3.86. The van der Waals surface area contributed by atoms with Crippen LogP contribution in [-0.2, 0) is 0 Å². The summed E-state index contributed by atoms with van der Waals surface area (Å²) < 4.78 is 13.0. The Morgan fingerprint density at radius 3 is 2.31 bits per heavy atom. The van der Waals surface area contributed by atoms with Crippen LogP contribution in [0.2, 0.25) is 0 Å². The predicted octanol–water partition coefficient (Wildman–Crippen LogP) is 2.77. The molecule has 0 radical (unpaired) electrons. The minimum Gasteiger partial charge on any atom is -0.325 e. The number of hydrogen-bond donors (Lipinski definition) is 1. The lowest BCUT2D eigenvalue weighted by molar-refractivity contribution is 0.621. The maximum absolute atomic E-state index is 13.0. The minimum absolute atomic E-state index is 0. The summed E-state index contributed by atoms with van der Waals surface area (Å²) in [5, 5.41) is 0. The van der Waals surface area contributed by atoms with Crippen LogP contribution in [0.5, 0.6) is 0 Å². The van der Waals surface area contributed by atoms with Crippen LogP contribution in [0.4, 0.5) is 4.39 Å². The van der Waals surface area contributed by atoms with Gasteiger partial charge in [0.15, 0.2) is 0 Å². The van der Waals surface area contributed by atoms with Crippen LogP contribution in [0.25, 0.3) is 5.57 Å². The molecule has 1 aromatic carbocycles. The first kappa shape index (κ1) is 12.1. The van der Waals surface area contributed by atoms with E-state index < -0.39 is 0 Å². The summed E-state index contributed by atoms with van der Waals surface area (Å²) in [6, 6.07) is 9.39. The lowest BCUT2D eigenvalue weighted by atomic mass is 10.1. The van der Waals surface area contributed by atoms with E-state index in [1.807, 2.05) is 30.3 Å². The smallest absolute Gasteiger partial charge is 0.117 e. The zero-order valence-electron chi connectivity index (χ0n) is 7.46. The van der Waals surface area contributed by atoms with Gasteiger partial charge in [0.2, 0.25) is 0 Å². The number of halogens is 2. The van der Waals surface area contributed by atoms with Gasteiger partial charge in [-0.3, -0.25) is 0 Å². The van der Waals surface area contributed by atoms with Gasteiger partial charge in [0.1, 0.15) is 5.83 Å². The van der Waals surface area contributed by atoms with E-state index in [1.165, 1.54) is 0 Å². The third-order valence-electron chi connectivity index (χ3n) is 1.79. The Labute approximate surface area is 83.9 Å².